The van der Waals surface area contributed by atoms with Crippen molar-refractivity contribution < 1.29 is 39.3 Å². The van der Waals surface area contributed by atoms with Gasteiger partial charge in [0.25, 0.3) is 0 Å². The number of aliphatic carboxylic acids is 2. The van der Waals surface area contributed by atoms with Gasteiger partial charge in [-0.15, -0.1) is 0 Å². The molecule has 0 saturated heterocycles. The van der Waals surface area contributed by atoms with Gasteiger partial charge in [-0.25, -0.2) is 0 Å². The Morgan fingerprint density at radius 3 is 1.82 bits per heavy atom. The molecule has 0 radical (unpaired) electrons. The smallest absolute Gasteiger partial charge is 0.550 e. The van der Waals surface area contributed by atoms with Crippen LogP contribution in [0.2, 0.25) is 0 Å². The van der Waals surface area contributed by atoms with Gasteiger partial charge in [-0.2, -0.15) is 0 Å². The first-order chi connectivity index (χ1) is 7.54. The molecular formula is C12H20O4Zn. The van der Waals surface area contributed by atoms with Gasteiger partial charge in [0, 0.05) is 5.97 Å². The van der Waals surface area contributed by atoms with E-state index in [0.29, 0.717) is 0 Å². The predicted molar refractivity (Wildman–Crippen MR) is 58.2 cm³/mol. The van der Waals surface area contributed by atoms with Gasteiger partial charge in [-0.1, -0.05) is 45.6 Å². The summed E-state index contributed by atoms with van der Waals surface area (Å²) in [5.74, 6) is -2.15. The molecule has 4 nitrogen and oxygen atoms in total. The molecule has 0 spiro atoms. The van der Waals surface area contributed by atoms with Crippen molar-refractivity contribution in [3.8, 4) is 0 Å². The summed E-state index contributed by atoms with van der Waals surface area (Å²) in [7, 11) is 0. The number of carbonyl (C=O) groups is 2. The van der Waals surface area contributed by atoms with Gasteiger partial charge >= 0.3 is 19.5 Å². The van der Waals surface area contributed by atoms with E-state index in [-0.39, 0.29) is 25.9 Å². The molecule has 0 saturated carbocycles. The van der Waals surface area contributed by atoms with Crippen LogP contribution < -0.4 is 10.2 Å². The van der Waals surface area contributed by atoms with Crippen LogP contribution >= 0.6 is 0 Å². The number of carboxylic acids is 2. The topological polar surface area (TPSA) is 80.3 Å². The van der Waals surface area contributed by atoms with Crippen molar-refractivity contribution in [2.24, 2.45) is 0 Å². The van der Waals surface area contributed by atoms with Gasteiger partial charge in [0.15, 0.2) is 0 Å². The van der Waals surface area contributed by atoms with Crippen LogP contribution in [0.3, 0.4) is 0 Å². The quantitative estimate of drug-likeness (QED) is 0.369. The van der Waals surface area contributed by atoms with Gasteiger partial charge in [0.05, 0.1) is 5.97 Å². The van der Waals surface area contributed by atoms with Crippen LogP contribution in [0.5, 0.6) is 0 Å². The van der Waals surface area contributed by atoms with E-state index in [1.807, 2.05) is 0 Å². The van der Waals surface area contributed by atoms with E-state index in [2.05, 4.69) is 13.5 Å². The van der Waals surface area contributed by atoms with Gasteiger partial charge in [0.2, 0.25) is 0 Å². The molecule has 17 heavy (non-hydrogen) atoms. The molecule has 0 fully saturated rings. The van der Waals surface area contributed by atoms with Gasteiger partial charge in [-0.3, -0.25) is 0 Å². The number of hydrogen-bond donors (Lipinski definition) is 0. The summed E-state index contributed by atoms with van der Waals surface area (Å²) < 4.78 is 0. The monoisotopic (exact) mass is 292 g/mol. The van der Waals surface area contributed by atoms with E-state index in [4.69, 9.17) is 9.90 Å². The molecular weight excluding hydrogens is 274 g/mol. The molecule has 0 bridgehead atoms. The summed E-state index contributed by atoms with van der Waals surface area (Å²) in [6, 6.07) is 0. The predicted octanol–water partition coefficient (Wildman–Crippen LogP) is 0.407. The van der Waals surface area contributed by atoms with Gasteiger partial charge in [0.1, 0.15) is 0 Å². The Hall–Kier alpha value is -0.697. The second-order valence-electron chi connectivity index (χ2n) is 3.41. The average molecular weight is 294 g/mol. The Bertz CT molecular complexity index is 205. The molecule has 0 aromatic carbocycles. The number of carbonyl (C=O) groups excluding carboxylic acids is 2. The van der Waals surface area contributed by atoms with Crippen molar-refractivity contribution in [2.75, 3.05) is 0 Å². The molecule has 0 unspecified atom stereocenters. The normalized spacial score (nSPS) is 8.29. The first-order valence-electron chi connectivity index (χ1n) is 5.57. The fourth-order valence-electron chi connectivity index (χ4n) is 1.05. The molecule has 0 aliphatic carbocycles. The van der Waals surface area contributed by atoms with Crippen molar-refractivity contribution in [2.45, 2.75) is 51.9 Å². The molecule has 0 heterocycles. The van der Waals surface area contributed by atoms with E-state index < -0.39 is 11.9 Å². The zero-order valence-electron chi connectivity index (χ0n) is 10.6. The maximum atomic E-state index is 9.98. The minimum absolute atomic E-state index is 0. The third-order valence-electron chi connectivity index (χ3n) is 1.90. The Kier molecular flexibility index (Phi) is 22.5. The van der Waals surface area contributed by atoms with Crippen LogP contribution in [-0.2, 0) is 29.1 Å². The van der Waals surface area contributed by atoms with E-state index in [1.165, 1.54) is 25.7 Å². The maximum absolute atomic E-state index is 9.98. The minimum Gasteiger partial charge on any atom is -0.550 e. The standard InChI is InChI=1S/C9H18O2.C3H4O2.Zn/c1-2-3-4-5-6-7-8-9(10)11;1-2-3(4)5;/h2-8H2,1H3,(H,10,11);2H,1H2,(H,4,5);/q;;+2/p-2. The fourth-order valence-corrected chi connectivity index (χ4v) is 1.05. The molecule has 0 N–H and O–H groups in total. The van der Waals surface area contributed by atoms with E-state index >= 15 is 0 Å². The van der Waals surface area contributed by atoms with Crippen molar-refractivity contribution in [3.63, 3.8) is 0 Å². The molecule has 94 valence electrons. The Labute approximate surface area is 116 Å². The number of carboxylic acid groups (broad SMARTS) is 2. The third-order valence-corrected chi connectivity index (χ3v) is 1.90. The molecule has 0 rings (SSSR count). The van der Waals surface area contributed by atoms with Crippen LogP contribution in [0.25, 0.3) is 0 Å². The largest absolute Gasteiger partial charge is 2.00 e. The van der Waals surface area contributed by atoms with Crippen molar-refractivity contribution in [1.82, 2.24) is 0 Å². The Morgan fingerprint density at radius 2 is 1.47 bits per heavy atom. The summed E-state index contributed by atoms with van der Waals surface area (Å²) in [4.78, 5) is 19.1. The second-order valence-corrected chi connectivity index (χ2v) is 3.41. The second kappa shape index (κ2) is 17.7. The van der Waals surface area contributed by atoms with Gasteiger partial charge in [-0.05, 0) is 18.9 Å². The zero-order valence-corrected chi connectivity index (χ0v) is 13.5. The summed E-state index contributed by atoms with van der Waals surface area (Å²) >= 11 is 0. The summed E-state index contributed by atoms with van der Waals surface area (Å²) in [6.45, 7) is 5.07. The van der Waals surface area contributed by atoms with Crippen LogP contribution in [0.4, 0.5) is 0 Å². The van der Waals surface area contributed by atoms with Crippen molar-refractivity contribution >= 4 is 11.9 Å². The average Bonchev–Trinajstić information content (AvgIpc) is 2.23. The number of unbranched alkanes of at least 4 members (excludes halogenated alkanes) is 5. The molecule has 0 amide bonds. The Morgan fingerprint density at radius 1 is 1.06 bits per heavy atom. The van der Waals surface area contributed by atoms with Crippen LogP contribution in [0.15, 0.2) is 12.7 Å². The summed E-state index contributed by atoms with van der Waals surface area (Å²) in [6.07, 6.45) is 7.68. The molecule has 0 aromatic rings. The number of hydrogen-bond acceptors (Lipinski definition) is 4. The fraction of sp³-hybridized carbons (Fsp3) is 0.667. The van der Waals surface area contributed by atoms with Crippen LogP contribution in [-0.4, -0.2) is 11.9 Å². The van der Waals surface area contributed by atoms with Crippen molar-refractivity contribution in [1.29, 1.82) is 0 Å². The maximum Gasteiger partial charge on any atom is 2.00 e. The van der Waals surface area contributed by atoms with Crippen LogP contribution in [0, 0.1) is 0 Å². The van der Waals surface area contributed by atoms with E-state index in [1.54, 1.807) is 0 Å². The van der Waals surface area contributed by atoms with E-state index in [9.17, 15) is 9.90 Å². The first kappa shape index (κ1) is 21.6. The molecule has 0 aliphatic rings. The zero-order chi connectivity index (χ0) is 12.8. The SMILES string of the molecule is C=CC(=O)[O-].CCCCCCCCC(=O)[O-].[Zn+2]. The number of rotatable bonds is 8. The molecule has 0 aromatic heterocycles. The third kappa shape index (κ3) is 31.3. The minimum atomic E-state index is -1.23. The summed E-state index contributed by atoms with van der Waals surface area (Å²) in [5.41, 5.74) is 0. The summed E-state index contributed by atoms with van der Waals surface area (Å²) in [5, 5.41) is 19.1. The molecule has 0 aliphatic heterocycles. The van der Waals surface area contributed by atoms with Gasteiger partial charge < -0.3 is 19.8 Å². The molecule has 0 atom stereocenters. The molecule has 5 heteroatoms. The van der Waals surface area contributed by atoms with Crippen molar-refractivity contribution in [3.05, 3.63) is 12.7 Å². The van der Waals surface area contributed by atoms with Crippen LogP contribution in [0.1, 0.15) is 51.9 Å². The van der Waals surface area contributed by atoms with E-state index in [0.717, 1.165) is 18.9 Å². The first-order valence-corrected chi connectivity index (χ1v) is 5.57. The Balaban J connectivity index is -0.000000280.